The number of carbonyl (C=O) groups is 2. The van der Waals surface area contributed by atoms with Gasteiger partial charge in [0.15, 0.2) is 0 Å². The van der Waals surface area contributed by atoms with Crippen molar-refractivity contribution in [3.8, 4) is 0 Å². The molecule has 6 nitrogen and oxygen atoms in total. The normalized spacial score (nSPS) is 16.1. The first kappa shape index (κ1) is 14.9. The fraction of sp³-hybridized carbons (Fsp3) is 0.833. The van der Waals surface area contributed by atoms with Crippen molar-refractivity contribution in [2.24, 2.45) is 0 Å². The number of carbonyl (C=O) groups excluding carboxylic acids is 2. The lowest BCUT2D eigenvalue weighted by Gasteiger charge is -2.16. The molecular weight excluding hydrogens is 236 g/mol. The van der Waals surface area contributed by atoms with Gasteiger partial charge in [0.2, 0.25) is 0 Å². The summed E-state index contributed by atoms with van der Waals surface area (Å²) in [4.78, 5) is 25.3. The van der Waals surface area contributed by atoms with Gasteiger partial charge in [-0.1, -0.05) is 0 Å². The summed E-state index contributed by atoms with van der Waals surface area (Å²) in [5.74, 6) is -0.772. The van der Waals surface area contributed by atoms with E-state index in [4.69, 9.17) is 9.47 Å². The molecule has 104 valence electrons. The van der Waals surface area contributed by atoms with Crippen LogP contribution in [0.4, 0.5) is 0 Å². The van der Waals surface area contributed by atoms with Crippen molar-refractivity contribution in [2.45, 2.75) is 26.3 Å². The van der Waals surface area contributed by atoms with Crippen LogP contribution in [0.15, 0.2) is 0 Å². The Kier molecular flexibility index (Phi) is 6.67. The van der Waals surface area contributed by atoms with Crippen LogP contribution in [0.3, 0.4) is 0 Å². The summed E-state index contributed by atoms with van der Waals surface area (Å²) in [5, 5.41) is 3.05. The Morgan fingerprint density at radius 2 is 1.89 bits per heavy atom. The molecule has 0 amide bonds. The van der Waals surface area contributed by atoms with Crippen molar-refractivity contribution >= 4 is 11.9 Å². The zero-order chi connectivity index (χ0) is 13.4. The lowest BCUT2D eigenvalue weighted by molar-refractivity contribution is -0.152. The molecule has 1 heterocycles. The summed E-state index contributed by atoms with van der Waals surface area (Å²) in [7, 11) is 0. The van der Waals surface area contributed by atoms with Crippen LogP contribution in [0, 0.1) is 0 Å². The molecule has 0 aliphatic carbocycles. The van der Waals surface area contributed by atoms with Crippen LogP contribution in [0.5, 0.6) is 0 Å². The van der Waals surface area contributed by atoms with Crippen molar-refractivity contribution in [1.29, 1.82) is 0 Å². The van der Waals surface area contributed by atoms with Gasteiger partial charge in [0, 0.05) is 26.2 Å². The molecule has 1 rings (SSSR count). The second-order valence-corrected chi connectivity index (χ2v) is 4.11. The van der Waals surface area contributed by atoms with Gasteiger partial charge in [0.05, 0.1) is 19.6 Å². The highest BCUT2D eigenvalue weighted by Crippen LogP contribution is 2.02. The van der Waals surface area contributed by atoms with E-state index in [2.05, 4.69) is 10.2 Å². The molecule has 6 heteroatoms. The molecule has 0 spiro atoms. The molecule has 0 saturated carbocycles. The van der Waals surface area contributed by atoms with Crippen LogP contribution in [0.2, 0.25) is 0 Å². The number of hydrogen-bond donors (Lipinski definition) is 1. The molecule has 0 aromatic heterocycles. The maximum Gasteiger partial charge on any atom is 0.323 e. The van der Waals surface area contributed by atoms with Gasteiger partial charge in [-0.15, -0.1) is 0 Å². The highest BCUT2D eigenvalue weighted by Gasteiger charge is 2.24. The minimum absolute atomic E-state index is 0.0205. The van der Waals surface area contributed by atoms with E-state index in [9.17, 15) is 9.59 Å². The number of rotatable bonds is 9. The third kappa shape index (κ3) is 5.97. The minimum Gasteiger partial charge on any atom is -0.466 e. The third-order valence-electron chi connectivity index (χ3n) is 2.61. The van der Waals surface area contributed by atoms with Crippen LogP contribution in [0.25, 0.3) is 0 Å². The largest absolute Gasteiger partial charge is 0.466 e. The van der Waals surface area contributed by atoms with Crippen molar-refractivity contribution in [3.63, 3.8) is 0 Å². The predicted octanol–water partition coefficient (Wildman–Crippen LogP) is -0.223. The van der Waals surface area contributed by atoms with E-state index in [0.29, 0.717) is 19.8 Å². The molecule has 18 heavy (non-hydrogen) atoms. The Hall–Kier alpha value is -1.14. The van der Waals surface area contributed by atoms with Gasteiger partial charge >= 0.3 is 11.9 Å². The summed E-state index contributed by atoms with van der Waals surface area (Å²) in [5.41, 5.74) is 0. The Labute approximate surface area is 108 Å². The predicted molar refractivity (Wildman–Crippen MR) is 66.1 cm³/mol. The van der Waals surface area contributed by atoms with Gasteiger partial charge in [-0.05, 0) is 13.8 Å². The standard InChI is InChI=1S/C12H22N2O4/c1-3-17-11(15)9-10(12(16)18-4-2)13-5-6-14-7-8-14/h10,13H,3-9H2,1-2H3/t10-/m0/s1. The highest BCUT2D eigenvalue weighted by molar-refractivity contribution is 5.82. The fourth-order valence-electron chi connectivity index (χ4n) is 1.56. The Balaban J connectivity index is 2.33. The van der Waals surface area contributed by atoms with Crippen LogP contribution >= 0.6 is 0 Å². The minimum atomic E-state index is -0.607. The first-order chi connectivity index (χ1) is 8.67. The summed E-state index contributed by atoms with van der Waals surface area (Å²) in [6, 6.07) is -0.607. The van der Waals surface area contributed by atoms with Crippen molar-refractivity contribution in [1.82, 2.24) is 10.2 Å². The van der Waals surface area contributed by atoms with E-state index in [-0.39, 0.29) is 12.4 Å². The van der Waals surface area contributed by atoms with E-state index in [1.54, 1.807) is 13.8 Å². The van der Waals surface area contributed by atoms with Crippen LogP contribution in [0.1, 0.15) is 20.3 Å². The third-order valence-corrected chi connectivity index (χ3v) is 2.61. The number of esters is 2. The topological polar surface area (TPSA) is 67.6 Å². The first-order valence-electron chi connectivity index (χ1n) is 6.45. The number of nitrogens with zero attached hydrogens (tertiary/aromatic N) is 1. The van der Waals surface area contributed by atoms with Gasteiger partial charge < -0.3 is 14.8 Å². The quantitative estimate of drug-likeness (QED) is 0.455. The van der Waals surface area contributed by atoms with Gasteiger partial charge in [0.25, 0.3) is 0 Å². The lowest BCUT2D eigenvalue weighted by Crippen LogP contribution is -2.42. The summed E-state index contributed by atoms with van der Waals surface area (Å²) in [6.07, 6.45) is 0.0205. The molecule has 0 unspecified atom stereocenters. The summed E-state index contributed by atoms with van der Waals surface area (Å²) in [6.45, 7) is 7.91. The maximum atomic E-state index is 11.7. The van der Waals surface area contributed by atoms with E-state index < -0.39 is 12.0 Å². The highest BCUT2D eigenvalue weighted by atomic mass is 16.5. The zero-order valence-corrected chi connectivity index (χ0v) is 11.1. The Morgan fingerprint density at radius 1 is 1.22 bits per heavy atom. The maximum absolute atomic E-state index is 11.7. The molecule has 1 fully saturated rings. The molecule has 1 atom stereocenters. The molecular formula is C12H22N2O4. The Bertz CT molecular complexity index is 279. The fourth-order valence-corrected chi connectivity index (χ4v) is 1.56. The second-order valence-electron chi connectivity index (χ2n) is 4.11. The molecule has 1 aliphatic heterocycles. The van der Waals surface area contributed by atoms with Crippen LogP contribution < -0.4 is 5.32 Å². The molecule has 1 saturated heterocycles. The smallest absolute Gasteiger partial charge is 0.323 e. The number of nitrogens with one attached hydrogen (secondary N) is 1. The summed E-state index contributed by atoms with van der Waals surface area (Å²) >= 11 is 0. The zero-order valence-electron chi connectivity index (χ0n) is 11.1. The van der Waals surface area contributed by atoms with Crippen LogP contribution in [-0.4, -0.2) is 62.3 Å². The molecule has 0 radical (unpaired) electrons. The van der Waals surface area contributed by atoms with Crippen molar-refractivity contribution in [2.75, 3.05) is 39.4 Å². The molecule has 0 bridgehead atoms. The van der Waals surface area contributed by atoms with Crippen molar-refractivity contribution < 1.29 is 19.1 Å². The molecule has 1 aliphatic rings. The summed E-state index contributed by atoms with van der Waals surface area (Å²) < 4.78 is 9.78. The average molecular weight is 258 g/mol. The number of hydrogen-bond acceptors (Lipinski definition) is 6. The van der Waals surface area contributed by atoms with Gasteiger partial charge in [0.1, 0.15) is 6.04 Å². The van der Waals surface area contributed by atoms with Crippen molar-refractivity contribution in [3.05, 3.63) is 0 Å². The van der Waals surface area contributed by atoms with Crippen LogP contribution in [-0.2, 0) is 19.1 Å². The lowest BCUT2D eigenvalue weighted by atomic mass is 10.2. The van der Waals surface area contributed by atoms with E-state index in [1.165, 1.54) is 0 Å². The molecule has 0 aromatic rings. The van der Waals surface area contributed by atoms with Gasteiger partial charge in [-0.3, -0.25) is 14.5 Å². The molecule has 1 N–H and O–H groups in total. The van der Waals surface area contributed by atoms with Gasteiger partial charge in [-0.2, -0.15) is 0 Å². The SMILES string of the molecule is CCOC(=O)C[C@H](NCCN1CC1)C(=O)OCC. The average Bonchev–Trinajstić information content (AvgIpc) is 3.12. The first-order valence-corrected chi connectivity index (χ1v) is 6.45. The number of ether oxygens (including phenoxy) is 2. The second kappa shape index (κ2) is 8.05. The van der Waals surface area contributed by atoms with E-state index >= 15 is 0 Å². The molecule has 0 aromatic carbocycles. The monoisotopic (exact) mass is 258 g/mol. The van der Waals surface area contributed by atoms with Gasteiger partial charge in [-0.25, -0.2) is 0 Å². The van der Waals surface area contributed by atoms with E-state index in [1.807, 2.05) is 0 Å². The Morgan fingerprint density at radius 3 is 2.44 bits per heavy atom. The van der Waals surface area contributed by atoms with E-state index in [0.717, 1.165) is 19.6 Å².